The van der Waals surface area contributed by atoms with Crippen molar-refractivity contribution in [3.8, 4) is 0 Å². The van der Waals surface area contributed by atoms with Crippen LogP contribution in [-0.4, -0.2) is 25.0 Å². The SMILES string of the molecule is CCCC(C)NC(=O)CNCC(C)C(C)C. The summed E-state index contributed by atoms with van der Waals surface area (Å²) >= 11 is 0. The molecule has 0 heterocycles. The number of carbonyl (C=O) groups excluding carboxylic acids is 1. The van der Waals surface area contributed by atoms with Crippen molar-refractivity contribution in [1.29, 1.82) is 0 Å². The van der Waals surface area contributed by atoms with Crippen LogP contribution in [0.25, 0.3) is 0 Å². The Morgan fingerprint density at radius 2 is 1.81 bits per heavy atom. The van der Waals surface area contributed by atoms with Crippen molar-refractivity contribution in [3.63, 3.8) is 0 Å². The summed E-state index contributed by atoms with van der Waals surface area (Å²) in [7, 11) is 0. The minimum Gasteiger partial charge on any atom is -0.353 e. The van der Waals surface area contributed by atoms with E-state index in [0.29, 0.717) is 24.4 Å². The summed E-state index contributed by atoms with van der Waals surface area (Å²) in [6.45, 7) is 12.1. The third-order valence-corrected chi connectivity index (χ3v) is 3.02. The van der Waals surface area contributed by atoms with Gasteiger partial charge in [0.05, 0.1) is 6.54 Å². The molecule has 16 heavy (non-hydrogen) atoms. The van der Waals surface area contributed by atoms with E-state index in [9.17, 15) is 4.79 Å². The van der Waals surface area contributed by atoms with Gasteiger partial charge in [0.25, 0.3) is 0 Å². The molecule has 2 N–H and O–H groups in total. The molecular weight excluding hydrogens is 200 g/mol. The molecule has 0 aliphatic heterocycles. The smallest absolute Gasteiger partial charge is 0.234 e. The number of amides is 1. The van der Waals surface area contributed by atoms with E-state index in [0.717, 1.165) is 19.4 Å². The minimum atomic E-state index is 0.108. The second kappa shape index (κ2) is 8.57. The minimum absolute atomic E-state index is 0.108. The van der Waals surface area contributed by atoms with Crippen LogP contribution in [0, 0.1) is 11.8 Å². The molecule has 0 radical (unpaired) electrons. The second-order valence-corrected chi connectivity index (χ2v) is 5.11. The average Bonchev–Trinajstić information content (AvgIpc) is 2.17. The third-order valence-electron chi connectivity index (χ3n) is 3.02. The first-order valence-electron chi connectivity index (χ1n) is 6.47. The maximum atomic E-state index is 11.5. The van der Waals surface area contributed by atoms with E-state index in [1.54, 1.807) is 0 Å². The van der Waals surface area contributed by atoms with Crippen LogP contribution >= 0.6 is 0 Å². The Hall–Kier alpha value is -0.570. The van der Waals surface area contributed by atoms with Gasteiger partial charge in [-0.1, -0.05) is 34.1 Å². The molecule has 0 saturated heterocycles. The molecule has 0 aromatic heterocycles. The first-order chi connectivity index (χ1) is 7.47. The fourth-order valence-corrected chi connectivity index (χ4v) is 1.48. The molecule has 0 aromatic rings. The molecule has 2 unspecified atom stereocenters. The number of nitrogens with one attached hydrogen (secondary N) is 2. The van der Waals surface area contributed by atoms with E-state index in [2.05, 4.69) is 45.3 Å². The average molecular weight is 228 g/mol. The maximum Gasteiger partial charge on any atom is 0.234 e. The molecule has 0 aliphatic rings. The Morgan fingerprint density at radius 1 is 1.19 bits per heavy atom. The van der Waals surface area contributed by atoms with Crippen molar-refractivity contribution >= 4 is 5.91 Å². The Morgan fingerprint density at radius 3 is 2.31 bits per heavy atom. The van der Waals surface area contributed by atoms with E-state index >= 15 is 0 Å². The number of carbonyl (C=O) groups is 1. The summed E-state index contributed by atoms with van der Waals surface area (Å²) in [5, 5.41) is 6.18. The van der Waals surface area contributed by atoms with Gasteiger partial charge in [0, 0.05) is 6.04 Å². The molecular formula is C13H28N2O. The first kappa shape index (κ1) is 15.4. The quantitative estimate of drug-likeness (QED) is 0.668. The van der Waals surface area contributed by atoms with Crippen LogP contribution in [0.2, 0.25) is 0 Å². The van der Waals surface area contributed by atoms with Crippen LogP contribution in [0.4, 0.5) is 0 Å². The van der Waals surface area contributed by atoms with Gasteiger partial charge in [0.15, 0.2) is 0 Å². The molecule has 0 aromatic carbocycles. The monoisotopic (exact) mass is 228 g/mol. The lowest BCUT2D eigenvalue weighted by atomic mass is 9.98. The summed E-state index contributed by atoms with van der Waals surface area (Å²) in [5.41, 5.74) is 0. The fraction of sp³-hybridized carbons (Fsp3) is 0.923. The van der Waals surface area contributed by atoms with Gasteiger partial charge in [-0.2, -0.15) is 0 Å². The lowest BCUT2D eigenvalue weighted by Crippen LogP contribution is -2.40. The first-order valence-corrected chi connectivity index (χ1v) is 6.47. The molecule has 0 fully saturated rings. The Bertz CT molecular complexity index is 192. The van der Waals surface area contributed by atoms with Crippen molar-refractivity contribution in [2.45, 2.75) is 53.5 Å². The van der Waals surface area contributed by atoms with Gasteiger partial charge in [-0.05, 0) is 31.7 Å². The molecule has 0 aliphatic carbocycles. The normalized spacial score (nSPS) is 14.9. The molecule has 1 amide bonds. The van der Waals surface area contributed by atoms with Gasteiger partial charge < -0.3 is 10.6 Å². The molecule has 2 atom stereocenters. The standard InChI is InChI=1S/C13H28N2O/c1-6-7-12(5)15-13(16)9-14-8-11(4)10(2)3/h10-12,14H,6-9H2,1-5H3,(H,15,16). The Balaban J connectivity index is 3.58. The molecule has 3 nitrogen and oxygen atoms in total. The van der Waals surface area contributed by atoms with Crippen molar-refractivity contribution in [2.75, 3.05) is 13.1 Å². The van der Waals surface area contributed by atoms with Gasteiger partial charge in [-0.15, -0.1) is 0 Å². The van der Waals surface area contributed by atoms with Crippen molar-refractivity contribution in [3.05, 3.63) is 0 Å². The van der Waals surface area contributed by atoms with Gasteiger partial charge in [-0.25, -0.2) is 0 Å². The highest BCUT2D eigenvalue weighted by Gasteiger charge is 2.09. The summed E-state index contributed by atoms with van der Waals surface area (Å²) < 4.78 is 0. The third kappa shape index (κ3) is 7.69. The number of hydrogen-bond donors (Lipinski definition) is 2. The van der Waals surface area contributed by atoms with Crippen molar-refractivity contribution < 1.29 is 4.79 Å². The predicted molar refractivity (Wildman–Crippen MR) is 69.4 cm³/mol. The second-order valence-electron chi connectivity index (χ2n) is 5.11. The zero-order valence-corrected chi connectivity index (χ0v) is 11.5. The van der Waals surface area contributed by atoms with Gasteiger partial charge in [-0.3, -0.25) is 4.79 Å². The van der Waals surface area contributed by atoms with Crippen LogP contribution in [-0.2, 0) is 4.79 Å². The molecule has 96 valence electrons. The number of hydrogen-bond acceptors (Lipinski definition) is 2. The molecule has 0 saturated carbocycles. The summed E-state index contributed by atoms with van der Waals surface area (Å²) in [6, 6.07) is 0.293. The summed E-state index contributed by atoms with van der Waals surface area (Å²) in [4.78, 5) is 11.5. The van der Waals surface area contributed by atoms with Gasteiger partial charge in [0.1, 0.15) is 0 Å². The predicted octanol–water partition coefficient (Wildman–Crippen LogP) is 2.17. The van der Waals surface area contributed by atoms with E-state index in [4.69, 9.17) is 0 Å². The van der Waals surface area contributed by atoms with E-state index < -0.39 is 0 Å². The van der Waals surface area contributed by atoms with Crippen LogP contribution in [0.5, 0.6) is 0 Å². The zero-order valence-electron chi connectivity index (χ0n) is 11.5. The van der Waals surface area contributed by atoms with E-state index in [1.165, 1.54) is 0 Å². The van der Waals surface area contributed by atoms with E-state index in [1.807, 2.05) is 0 Å². The van der Waals surface area contributed by atoms with Crippen molar-refractivity contribution in [2.24, 2.45) is 11.8 Å². The molecule has 3 heteroatoms. The van der Waals surface area contributed by atoms with Crippen LogP contribution in [0.15, 0.2) is 0 Å². The molecule has 0 bridgehead atoms. The zero-order chi connectivity index (χ0) is 12.6. The topological polar surface area (TPSA) is 41.1 Å². The fourth-order valence-electron chi connectivity index (χ4n) is 1.48. The van der Waals surface area contributed by atoms with Gasteiger partial charge in [0.2, 0.25) is 5.91 Å². The lowest BCUT2D eigenvalue weighted by molar-refractivity contribution is -0.120. The molecule has 0 rings (SSSR count). The molecule has 0 spiro atoms. The van der Waals surface area contributed by atoms with Crippen molar-refractivity contribution in [1.82, 2.24) is 10.6 Å². The highest BCUT2D eigenvalue weighted by Crippen LogP contribution is 2.07. The van der Waals surface area contributed by atoms with Gasteiger partial charge >= 0.3 is 0 Å². The highest BCUT2D eigenvalue weighted by molar-refractivity contribution is 5.78. The van der Waals surface area contributed by atoms with Crippen LogP contribution < -0.4 is 10.6 Å². The van der Waals surface area contributed by atoms with Crippen LogP contribution in [0.1, 0.15) is 47.5 Å². The summed E-state index contributed by atoms with van der Waals surface area (Å²) in [6.07, 6.45) is 2.16. The van der Waals surface area contributed by atoms with Crippen LogP contribution in [0.3, 0.4) is 0 Å². The number of rotatable bonds is 8. The Kier molecular flexibility index (Phi) is 8.26. The lowest BCUT2D eigenvalue weighted by Gasteiger charge is -2.17. The van der Waals surface area contributed by atoms with E-state index in [-0.39, 0.29) is 5.91 Å². The Labute approximate surface area is 100 Å². The highest BCUT2D eigenvalue weighted by atomic mass is 16.1. The maximum absolute atomic E-state index is 11.5. The summed E-state index contributed by atoms with van der Waals surface area (Å²) in [5.74, 6) is 1.38. The largest absolute Gasteiger partial charge is 0.353 e.